The molecule has 0 aliphatic carbocycles. The van der Waals surface area contributed by atoms with Crippen LogP contribution in [-0.4, -0.2) is 10.8 Å². The number of amides is 1. The Morgan fingerprint density at radius 3 is 2.47 bits per heavy atom. The van der Waals surface area contributed by atoms with Crippen molar-refractivity contribution in [2.24, 2.45) is 0 Å². The number of hydrogen-bond donors (Lipinski definition) is 1. The van der Waals surface area contributed by atoms with Gasteiger partial charge in [0.1, 0.15) is 24.0 Å². The minimum Gasteiger partial charge on any atom is -0.487 e. The van der Waals surface area contributed by atoms with Gasteiger partial charge in [-0.15, -0.1) is 0 Å². The van der Waals surface area contributed by atoms with Gasteiger partial charge >= 0.3 is 0 Å². The Balaban J connectivity index is 1.87. The molecular weight excluding hydrogens is 477 g/mol. The summed E-state index contributed by atoms with van der Waals surface area (Å²) in [5.41, 5.74) is 3.31. The molecule has 0 aromatic heterocycles. The molecule has 172 valence electrons. The third-order valence-corrected chi connectivity index (χ3v) is 5.36. The normalized spacial score (nSPS) is 11.0. The molecule has 0 saturated heterocycles. The number of ether oxygens (including phenoxy) is 1. The zero-order valence-corrected chi connectivity index (χ0v) is 19.8. The fourth-order valence-electron chi connectivity index (χ4n) is 3.16. The van der Waals surface area contributed by atoms with Crippen molar-refractivity contribution in [1.82, 2.24) is 0 Å². The van der Waals surface area contributed by atoms with Crippen LogP contribution in [0, 0.1) is 35.3 Å². The molecule has 9 heteroatoms. The molecule has 3 aromatic rings. The summed E-state index contributed by atoms with van der Waals surface area (Å²) in [5.74, 6) is -0.372. The average Bonchev–Trinajstić information content (AvgIpc) is 2.78. The lowest BCUT2D eigenvalue weighted by molar-refractivity contribution is -0.384. The van der Waals surface area contributed by atoms with E-state index in [1.54, 1.807) is 18.2 Å². The van der Waals surface area contributed by atoms with Gasteiger partial charge in [-0.3, -0.25) is 14.9 Å². The molecular formula is C25H19Cl2N3O4. The number of aryl methyl sites for hydroxylation is 2. The maximum atomic E-state index is 12.8. The summed E-state index contributed by atoms with van der Waals surface area (Å²) in [4.78, 5) is 23.1. The molecule has 0 aliphatic rings. The predicted octanol–water partition coefficient (Wildman–Crippen LogP) is 6.64. The van der Waals surface area contributed by atoms with E-state index in [0.717, 1.165) is 11.1 Å². The van der Waals surface area contributed by atoms with Gasteiger partial charge in [-0.2, -0.15) is 5.26 Å². The van der Waals surface area contributed by atoms with E-state index >= 15 is 0 Å². The largest absolute Gasteiger partial charge is 0.487 e. The third-order valence-electron chi connectivity index (χ3n) is 4.86. The van der Waals surface area contributed by atoms with Crippen molar-refractivity contribution in [2.75, 3.05) is 5.32 Å². The maximum Gasteiger partial charge on any atom is 0.269 e. The van der Waals surface area contributed by atoms with Gasteiger partial charge in [-0.25, -0.2) is 0 Å². The number of carbonyl (C=O) groups is 1. The summed E-state index contributed by atoms with van der Waals surface area (Å²) in [6.45, 7) is 3.86. The highest BCUT2D eigenvalue weighted by Crippen LogP contribution is 2.35. The molecule has 1 N–H and O–H groups in total. The predicted molar refractivity (Wildman–Crippen MR) is 132 cm³/mol. The lowest BCUT2D eigenvalue weighted by Gasteiger charge is -2.13. The Kier molecular flexibility index (Phi) is 7.90. The van der Waals surface area contributed by atoms with Crippen LogP contribution in [0.4, 0.5) is 11.4 Å². The fourth-order valence-corrected chi connectivity index (χ4v) is 3.72. The van der Waals surface area contributed by atoms with Crippen molar-refractivity contribution in [3.05, 3.63) is 103 Å². The first-order valence-corrected chi connectivity index (χ1v) is 10.8. The summed E-state index contributed by atoms with van der Waals surface area (Å²) < 4.78 is 5.84. The Bertz CT molecular complexity index is 1330. The van der Waals surface area contributed by atoms with Crippen molar-refractivity contribution < 1.29 is 14.5 Å². The summed E-state index contributed by atoms with van der Waals surface area (Å²) >= 11 is 12.5. The number of nitro groups is 1. The molecule has 0 radical (unpaired) electrons. The summed E-state index contributed by atoms with van der Waals surface area (Å²) in [6.07, 6.45) is 1.35. The SMILES string of the molecule is Cc1ccc(NC(=O)/C(C#N)=C/c2cc(Cl)cc(Cl)c2OCc2ccc([N+](=O)[O-])cc2)c(C)c1. The molecule has 0 spiro atoms. The van der Waals surface area contributed by atoms with Gasteiger partial charge in [0.2, 0.25) is 0 Å². The van der Waals surface area contributed by atoms with Gasteiger partial charge in [0.15, 0.2) is 0 Å². The van der Waals surface area contributed by atoms with E-state index < -0.39 is 10.8 Å². The van der Waals surface area contributed by atoms with Crippen molar-refractivity contribution in [3.63, 3.8) is 0 Å². The zero-order chi connectivity index (χ0) is 24.8. The summed E-state index contributed by atoms with van der Waals surface area (Å²) in [6, 6.07) is 16.3. The van der Waals surface area contributed by atoms with E-state index in [1.165, 1.54) is 30.3 Å². The van der Waals surface area contributed by atoms with Crippen LogP contribution in [0.3, 0.4) is 0 Å². The second-order valence-corrected chi connectivity index (χ2v) is 8.30. The number of nitrogens with one attached hydrogen (secondary N) is 1. The minimum absolute atomic E-state index is 0.0367. The first-order chi connectivity index (χ1) is 16.2. The topological polar surface area (TPSA) is 105 Å². The van der Waals surface area contributed by atoms with E-state index in [0.29, 0.717) is 21.8 Å². The van der Waals surface area contributed by atoms with Gasteiger partial charge in [-0.05, 0) is 61.4 Å². The lowest BCUT2D eigenvalue weighted by Crippen LogP contribution is -2.14. The van der Waals surface area contributed by atoms with Gasteiger partial charge in [0.25, 0.3) is 11.6 Å². The van der Waals surface area contributed by atoms with Gasteiger partial charge in [0, 0.05) is 28.4 Å². The van der Waals surface area contributed by atoms with Gasteiger partial charge < -0.3 is 10.1 Å². The third kappa shape index (κ3) is 6.13. The molecule has 7 nitrogen and oxygen atoms in total. The number of hydrogen-bond acceptors (Lipinski definition) is 5. The average molecular weight is 496 g/mol. The number of anilines is 1. The van der Waals surface area contributed by atoms with Crippen molar-refractivity contribution in [2.45, 2.75) is 20.5 Å². The molecule has 0 atom stereocenters. The maximum absolute atomic E-state index is 12.8. The summed E-state index contributed by atoms with van der Waals surface area (Å²) in [5, 5.41) is 23.7. The highest BCUT2D eigenvalue weighted by molar-refractivity contribution is 6.36. The van der Waals surface area contributed by atoms with Crippen LogP contribution in [0.2, 0.25) is 10.0 Å². The minimum atomic E-state index is -0.591. The number of halogens is 2. The van der Waals surface area contributed by atoms with Crippen LogP contribution in [-0.2, 0) is 11.4 Å². The molecule has 0 saturated carbocycles. The number of rotatable bonds is 7. The monoisotopic (exact) mass is 495 g/mol. The molecule has 0 aliphatic heterocycles. The molecule has 0 unspecified atom stereocenters. The van der Waals surface area contributed by atoms with E-state index in [2.05, 4.69) is 5.32 Å². The first kappa shape index (κ1) is 24.8. The van der Waals surface area contributed by atoms with Crippen molar-refractivity contribution in [1.29, 1.82) is 5.26 Å². The molecule has 34 heavy (non-hydrogen) atoms. The Hall–Kier alpha value is -3.86. The van der Waals surface area contributed by atoms with E-state index in [9.17, 15) is 20.2 Å². The zero-order valence-electron chi connectivity index (χ0n) is 18.3. The number of nitriles is 1. The standard InChI is InChI=1S/C25H19Cl2N3O4/c1-15-3-8-23(16(2)9-15)29-25(31)19(13-28)10-18-11-20(26)12-22(27)24(18)34-14-17-4-6-21(7-5-17)30(32)33/h3-12H,14H2,1-2H3,(H,29,31)/b19-10+. The van der Waals surface area contributed by atoms with E-state index in [-0.39, 0.29) is 28.6 Å². The number of nitrogens with zero attached hydrogens (tertiary/aromatic N) is 2. The van der Waals surface area contributed by atoms with E-state index in [1.807, 2.05) is 32.0 Å². The first-order valence-electron chi connectivity index (χ1n) is 10.0. The number of non-ortho nitro benzene ring substituents is 1. The van der Waals surface area contributed by atoms with Crippen molar-refractivity contribution >= 4 is 46.6 Å². The molecule has 3 aromatic carbocycles. The van der Waals surface area contributed by atoms with Crippen LogP contribution in [0.1, 0.15) is 22.3 Å². The highest BCUT2D eigenvalue weighted by atomic mass is 35.5. The Morgan fingerprint density at radius 1 is 1.15 bits per heavy atom. The fraction of sp³-hybridized carbons (Fsp3) is 0.120. The number of carbonyl (C=O) groups excluding carboxylic acids is 1. The molecule has 0 fully saturated rings. The van der Waals surface area contributed by atoms with Crippen LogP contribution in [0.15, 0.2) is 60.2 Å². The lowest BCUT2D eigenvalue weighted by atomic mass is 10.1. The quantitative estimate of drug-likeness (QED) is 0.171. The van der Waals surface area contributed by atoms with Crippen molar-refractivity contribution in [3.8, 4) is 11.8 Å². The summed E-state index contributed by atoms with van der Waals surface area (Å²) in [7, 11) is 0. The molecule has 0 heterocycles. The Labute approximate surface area is 206 Å². The van der Waals surface area contributed by atoms with Crippen LogP contribution >= 0.6 is 23.2 Å². The van der Waals surface area contributed by atoms with Gasteiger partial charge in [0.05, 0.1) is 9.95 Å². The van der Waals surface area contributed by atoms with Crippen LogP contribution < -0.4 is 10.1 Å². The number of nitro benzene ring substituents is 1. The van der Waals surface area contributed by atoms with E-state index in [4.69, 9.17) is 27.9 Å². The van der Waals surface area contributed by atoms with Crippen LogP contribution in [0.5, 0.6) is 5.75 Å². The molecule has 3 rings (SSSR count). The molecule has 0 bridgehead atoms. The van der Waals surface area contributed by atoms with Crippen LogP contribution in [0.25, 0.3) is 6.08 Å². The highest BCUT2D eigenvalue weighted by Gasteiger charge is 2.16. The Morgan fingerprint density at radius 2 is 1.85 bits per heavy atom. The smallest absolute Gasteiger partial charge is 0.269 e. The van der Waals surface area contributed by atoms with Gasteiger partial charge in [-0.1, -0.05) is 40.9 Å². The number of benzene rings is 3. The second-order valence-electron chi connectivity index (χ2n) is 7.46. The second kappa shape index (κ2) is 10.8. The molecule has 1 amide bonds.